The maximum atomic E-state index is 11.1. The molecule has 1 heterocycles. The molecule has 0 aliphatic carbocycles. The molecule has 7 nitrogen and oxygen atoms in total. The molecule has 20 heavy (non-hydrogen) atoms. The third kappa shape index (κ3) is 5.30. The summed E-state index contributed by atoms with van der Waals surface area (Å²) in [7, 11) is 1.52. The molecule has 1 rings (SSSR count). The molecule has 0 aliphatic heterocycles. The molecule has 1 aromatic heterocycles. The van der Waals surface area contributed by atoms with Crippen LogP contribution in [0.1, 0.15) is 19.5 Å². The van der Waals surface area contributed by atoms with Crippen LogP contribution in [0.5, 0.6) is 5.75 Å². The van der Waals surface area contributed by atoms with E-state index in [1.807, 2.05) is 0 Å². The van der Waals surface area contributed by atoms with Gasteiger partial charge < -0.3 is 14.9 Å². The smallest absolute Gasteiger partial charge is 0.406 e. The second-order valence-electron chi connectivity index (χ2n) is 5.17. The predicted octanol–water partition coefficient (Wildman–Crippen LogP) is 2.27. The highest BCUT2D eigenvalue weighted by Crippen LogP contribution is 2.27. The van der Waals surface area contributed by atoms with Crippen molar-refractivity contribution in [2.45, 2.75) is 20.8 Å². The first-order valence-corrected chi connectivity index (χ1v) is 8.15. The highest BCUT2D eigenvalue weighted by atomic mass is 35.7. The first-order valence-electron chi connectivity index (χ1n) is 5.67. The molecular weight excluding hydrogens is 308 g/mol. The molecule has 112 valence electrons. The summed E-state index contributed by atoms with van der Waals surface area (Å²) in [5, 5.41) is 10.9. The van der Waals surface area contributed by atoms with E-state index in [-0.39, 0.29) is 18.1 Å². The average Bonchev–Trinajstić information content (AvgIpc) is 2.23. The fourth-order valence-electron chi connectivity index (χ4n) is 1.56. The van der Waals surface area contributed by atoms with E-state index in [1.54, 1.807) is 26.8 Å². The lowest BCUT2D eigenvalue weighted by Crippen LogP contribution is -2.28. The molecule has 0 spiro atoms. The van der Waals surface area contributed by atoms with E-state index in [2.05, 4.69) is 4.98 Å². The van der Waals surface area contributed by atoms with Crippen molar-refractivity contribution in [1.82, 2.24) is 4.98 Å². The van der Waals surface area contributed by atoms with Gasteiger partial charge in [-0.3, -0.25) is 0 Å². The highest BCUT2D eigenvalue weighted by Gasteiger charge is 2.27. The molecule has 0 unspecified atom stereocenters. The van der Waals surface area contributed by atoms with Crippen molar-refractivity contribution in [3.05, 3.63) is 27.9 Å². The van der Waals surface area contributed by atoms with E-state index in [1.165, 1.54) is 6.07 Å². The van der Waals surface area contributed by atoms with E-state index >= 15 is 0 Å². The Morgan fingerprint density at radius 2 is 2.05 bits per heavy atom. The fraction of sp³-hybridized carbons (Fsp3) is 0.545. The molecule has 0 radical (unpaired) electrons. The summed E-state index contributed by atoms with van der Waals surface area (Å²) >= 11 is 0. The number of nitrogens with zero attached hydrogens (tertiary/aromatic N) is 2. The zero-order chi connectivity index (χ0) is 15.6. The molecule has 0 amide bonds. The van der Waals surface area contributed by atoms with Gasteiger partial charge in [-0.15, -0.1) is 0 Å². The Labute approximate surface area is 121 Å². The Morgan fingerprint density at radius 3 is 2.55 bits per heavy atom. The van der Waals surface area contributed by atoms with Crippen molar-refractivity contribution < 1.29 is 18.1 Å². The van der Waals surface area contributed by atoms with Crippen LogP contribution < -0.4 is 4.74 Å². The number of aromatic nitrogens is 1. The van der Waals surface area contributed by atoms with Crippen molar-refractivity contribution >= 4 is 25.6 Å². The summed E-state index contributed by atoms with van der Waals surface area (Å²) in [5.74, 6) is -0.690. The maximum absolute atomic E-state index is 11.1. The Hall–Kier alpha value is -1.41. The van der Waals surface area contributed by atoms with E-state index in [0.717, 1.165) is 0 Å². The molecule has 0 fully saturated rings. The molecule has 0 atom stereocenters. The second-order valence-corrected chi connectivity index (χ2v) is 7.94. The van der Waals surface area contributed by atoms with Crippen molar-refractivity contribution in [3.63, 3.8) is 0 Å². The van der Waals surface area contributed by atoms with Gasteiger partial charge >= 0.3 is 5.82 Å². The molecule has 0 saturated heterocycles. The number of halogens is 1. The third-order valence-electron chi connectivity index (χ3n) is 2.33. The summed E-state index contributed by atoms with van der Waals surface area (Å²) in [6, 6.07) is 3.01. The number of aryl methyl sites for hydroxylation is 1. The van der Waals surface area contributed by atoms with E-state index in [4.69, 9.17) is 15.4 Å². The molecule has 0 bridgehead atoms. The van der Waals surface area contributed by atoms with Gasteiger partial charge in [0.25, 0.3) is 0 Å². The topological polar surface area (TPSA) is 99.4 Å². The van der Waals surface area contributed by atoms with Gasteiger partial charge in [0.15, 0.2) is 0 Å². The molecule has 0 aliphatic rings. The van der Waals surface area contributed by atoms with Gasteiger partial charge in [-0.05, 0) is 22.0 Å². The lowest BCUT2D eigenvalue weighted by Gasteiger charge is -2.22. The maximum Gasteiger partial charge on any atom is 0.406 e. The van der Waals surface area contributed by atoms with Crippen LogP contribution in [-0.2, 0) is 9.05 Å². The predicted molar refractivity (Wildman–Crippen MR) is 74.5 cm³/mol. The quantitative estimate of drug-likeness (QED) is 0.452. The van der Waals surface area contributed by atoms with Gasteiger partial charge in [0, 0.05) is 23.0 Å². The van der Waals surface area contributed by atoms with Gasteiger partial charge in [-0.2, -0.15) is 0 Å². The zero-order valence-electron chi connectivity index (χ0n) is 11.3. The highest BCUT2D eigenvalue weighted by molar-refractivity contribution is 8.13. The molecular formula is C11H15ClN2O5S. The number of hydrogen-bond donors (Lipinski definition) is 0. The van der Waals surface area contributed by atoms with Crippen molar-refractivity contribution in [1.29, 1.82) is 0 Å². The van der Waals surface area contributed by atoms with Crippen LogP contribution in [0.2, 0.25) is 0 Å². The van der Waals surface area contributed by atoms with Crippen LogP contribution in [0.15, 0.2) is 12.1 Å². The Kier molecular flexibility index (Phi) is 4.93. The van der Waals surface area contributed by atoms with Crippen LogP contribution >= 0.6 is 10.7 Å². The lowest BCUT2D eigenvalue weighted by molar-refractivity contribution is -0.390. The SMILES string of the molecule is Cc1ccc(OCC(C)(C)CS(=O)(=O)Cl)c([N+](=O)[O-])n1. The van der Waals surface area contributed by atoms with Crippen LogP contribution in [-0.4, -0.2) is 30.7 Å². The minimum absolute atomic E-state index is 0.000598. The van der Waals surface area contributed by atoms with Gasteiger partial charge in [-0.25, -0.2) is 8.42 Å². The minimum atomic E-state index is -3.68. The molecule has 9 heteroatoms. The molecule has 0 saturated carbocycles. The Balaban J connectivity index is 2.87. The Bertz CT molecular complexity index is 615. The summed E-state index contributed by atoms with van der Waals surface area (Å²) < 4.78 is 27.5. The summed E-state index contributed by atoms with van der Waals surface area (Å²) in [5.41, 5.74) is -0.286. The molecule has 0 N–H and O–H groups in total. The summed E-state index contributed by atoms with van der Waals surface area (Å²) in [6.07, 6.45) is 0. The standard InChI is InChI=1S/C11H15ClN2O5S/c1-8-4-5-9(10(13-8)14(15)16)19-6-11(2,3)7-20(12,17)18/h4-5H,6-7H2,1-3H3. The van der Waals surface area contributed by atoms with E-state index in [9.17, 15) is 18.5 Å². The first-order chi connectivity index (χ1) is 9.00. The minimum Gasteiger partial charge on any atom is -0.485 e. The number of hydrogen-bond acceptors (Lipinski definition) is 6. The van der Waals surface area contributed by atoms with Gasteiger partial charge in [0.1, 0.15) is 5.69 Å². The number of ether oxygens (including phenoxy) is 1. The van der Waals surface area contributed by atoms with E-state index < -0.39 is 25.2 Å². The average molecular weight is 323 g/mol. The van der Waals surface area contributed by atoms with Crippen molar-refractivity contribution in [2.75, 3.05) is 12.4 Å². The Morgan fingerprint density at radius 1 is 1.45 bits per heavy atom. The van der Waals surface area contributed by atoms with Crippen LogP contribution in [0.3, 0.4) is 0 Å². The van der Waals surface area contributed by atoms with E-state index in [0.29, 0.717) is 5.69 Å². The largest absolute Gasteiger partial charge is 0.485 e. The van der Waals surface area contributed by atoms with Gasteiger partial charge in [0.2, 0.25) is 14.8 Å². The zero-order valence-corrected chi connectivity index (χ0v) is 12.9. The first kappa shape index (κ1) is 16.6. The van der Waals surface area contributed by atoms with Gasteiger partial charge in [0.05, 0.1) is 12.4 Å². The van der Waals surface area contributed by atoms with Crippen molar-refractivity contribution in [2.24, 2.45) is 5.41 Å². The van der Waals surface area contributed by atoms with Crippen LogP contribution in [0.25, 0.3) is 0 Å². The van der Waals surface area contributed by atoms with Crippen LogP contribution in [0, 0.1) is 22.5 Å². The fourth-order valence-corrected chi connectivity index (χ4v) is 3.46. The normalized spacial score (nSPS) is 12.2. The number of rotatable bonds is 6. The summed E-state index contributed by atoms with van der Waals surface area (Å²) in [4.78, 5) is 14.0. The van der Waals surface area contributed by atoms with Gasteiger partial charge in [-0.1, -0.05) is 13.8 Å². The lowest BCUT2D eigenvalue weighted by atomic mass is 9.98. The monoisotopic (exact) mass is 322 g/mol. The third-order valence-corrected chi connectivity index (χ3v) is 3.79. The van der Waals surface area contributed by atoms with Crippen molar-refractivity contribution in [3.8, 4) is 5.75 Å². The number of nitro groups is 1. The second kappa shape index (κ2) is 5.92. The summed E-state index contributed by atoms with van der Waals surface area (Å²) in [6.45, 7) is 4.87. The molecule has 0 aromatic carbocycles. The molecule has 1 aromatic rings. The van der Waals surface area contributed by atoms with Crippen LogP contribution in [0.4, 0.5) is 5.82 Å². The number of pyridine rings is 1.